The van der Waals surface area contributed by atoms with Crippen molar-refractivity contribution in [2.45, 2.75) is 6.92 Å². The van der Waals surface area contributed by atoms with E-state index in [0.29, 0.717) is 11.3 Å². The van der Waals surface area contributed by atoms with Gasteiger partial charge >= 0.3 is 5.97 Å². The van der Waals surface area contributed by atoms with Crippen LogP contribution in [0.25, 0.3) is 22.8 Å². The Kier molecular flexibility index (Phi) is 4.20. The molecule has 0 saturated carbocycles. The summed E-state index contributed by atoms with van der Waals surface area (Å²) in [5.74, 6) is -1.24. The third-order valence-electron chi connectivity index (χ3n) is 4.56. The van der Waals surface area contributed by atoms with E-state index in [-0.39, 0.29) is 11.6 Å². The number of aromatic amines is 1. The average molecular weight is 423 g/mol. The van der Waals surface area contributed by atoms with Gasteiger partial charge in [0.25, 0.3) is 5.91 Å². The number of fused-ring (bicyclic) bond motifs is 1. The van der Waals surface area contributed by atoms with E-state index in [2.05, 4.69) is 26.2 Å². The molecule has 0 atom stereocenters. The number of carbonyl (C=O) groups excluding carboxylic acids is 1. The molecule has 0 saturated heterocycles. The second kappa shape index (κ2) is 6.55. The summed E-state index contributed by atoms with van der Waals surface area (Å²) >= 11 is 3.44. The Balaban J connectivity index is 1.88. The summed E-state index contributed by atoms with van der Waals surface area (Å²) in [6.45, 7) is 1.81. The average Bonchev–Trinajstić information content (AvgIpc) is 3.16. The highest BCUT2D eigenvalue weighted by molar-refractivity contribution is 9.10. The second-order valence-electron chi connectivity index (χ2n) is 6.33. The maximum absolute atomic E-state index is 12.6. The van der Waals surface area contributed by atoms with Crippen LogP contribution in [0, 0.1) is 6.92 Å². The zero-order valence-electron chi connectivity index (χ0n) is 14.3. The van der Waals surface area contributed by atoms with E-state index in [4.69, 9.17) is 0 Å². The zero-order chi connectivity index (χ0) is 19.1. The highest BCUT2D eigenvalue weighted by Gasteiger charge is 2.27. The Labute approximate surface area is 163 Å². The molecule has 0 unspecified atom stereocenters. The number of hydrogen-bond acceptors (Lipinski definition) is 2. The zero-order valence-corrected chi connectivity index (χ0v) is 15.9. The molecule has 2 heterocycles. The Morgan fingerprint density at radius 2 is 1.89 bits per heavy atom. The van der Waals surface area contributed by atoms with Crippen LogP contribution in [0.3, 0.4) is 0 Å². The van der Waals surface area contributed by atoms with Crippen molar-refractivity contribution in [1.82, 2.24) is 4.98 Å². The lowest BCUT2D eigenvalue weighted by atomic mass is 9.94. The highest BCUT2D eigenvalue weighted by atomic mass is 79.9. The van der Waals surface area contributed by atoms with Gasteiger partial charge in [-0.3, -0.25) is 4.79 Å². The summed E-state index contributed by atoms with van der Waals surface area (Å²) in [7, 11) is 0. The van der Waals surface area contributed by atoms with Gasteiger partial charge < -0.3 is 15.4 Å². The van der Waals surface area contributed by atoms with Crippen LogP contribution in [0.1, 0.15) is 27.3 Å². The minimum Gasteiger partial charge on any atom is -0.477 e. The van der Waals surface area contributed by atoms with E-state index in [1.54, 1.807) is 12.1 Å². The van der Waals surface area contributed by atoms with Crippen LogP contribution in [0.15, 0.2) is 53.0 Å². The van der Waals surface area contributed by atoms with Crippen molar-refractivity contribution in [2.75, 3.05) is 5.32 Å². The third kappa shape index (κ3) is 3.08. The molecule has 0 spiro atoms. The molecule has 1 aromatic heterocycles. The molecule has 27 heavy (non-hydrogen) atoms. The molecule has 0 radical (unpaired) electrons. The minimum absolute atomic E-state index is 0.0965. The molecule has 0 fully saturated rings. The Morgan fingerprint density at radius 1 is 1.15 bits per heavy atom. The van der Waals surface area contributed by atoms with Gasteiger partial charge in [0.1, 0.15) is 5.69 Å². The van der Waals surface area contributed by atoms with E-state index >= 15 is 0 Å². The molecular formula is C21H15BrN2O3. The Hall–Kier alpha value is -3.12. The maximum Gasteiger partial charge on any atom is 0.352 e. The van der Waals surface area contributed by atoms with Crippen molar-refractivity contribution in [3.8, 4) is 11.1 Å². The molecule has 134 valence electrons. The first-order valence-electron chi connectivity index (χ1n) is 8.29. The fraction of sp³-hybridized carbons (Fsp3) is 0.0476. The fourth-order valence-corrected chi connectivity index (χ4v) is 3.51. The summed E-state index contributed by atoms with van der Waals surface area (Å²) in [6, 6.07) is 15.2. The molecule has 1 amide bonds. The monoisotopic (exact) mass is 422 g/mol. The number of rotatable bonds is 3. The number of carboxylic acids is 1. The van der Waals surface area contributed by atoms with Gasteiger partial charge in [0, 0.05) is 21.4 Å². The topological polar surface area (TPSA) is 82.2 Å². The van der Waals surface area contributed by atoms with Gasteiger partial charge in [-0.1, -0.05) is 40.2 Å². The molecule has 5 nitrogen and oxygen atoms in total. The molecule has 1 aliphatic rings. The number of aromatic nitrogens is 1. The van der Waals surface area contributed by atoms with Gasteiger partial charge in [0.2, 0.25) is 0 Å². The summed E-state index contributed by atoms with van der Waals surface area (Å²) in [6.07, 6.45) is 1.71. The molecule has 0 bridgehead atoms. The van der Waals surface area contributed by atoms with E-state index in [0.717, 1.165) is 32.4 Å². The quantitative estimate of drug-likeness (QED) is 0.522. The fourth-order valence-electron chi connectivity index (χ4n) is 3.24. The third-order valence-corrected chi connectivity index (χ3v) is 5.08. The van der Waals surface area contributed by atoms with E-state index < -0.39 is 5.97 Å². The molecule has 6 heteroatoms. The van der Waals surface area contributed by atoms with Crippen LogP contribution in [-0.2, 0) is 4.79 Å². The lowest BCUT2D eigenvalue weighted by Crippen LogP contribution is -2.03. The van der Waals surface area contributed by atoms with Crippen molar-refractivity contribution in [3.63, 3.8) is 0 Å². The maximum atomic E-state index is 12.6. The van der Waals surface area contributed by atoms with Crippen LogP contribution in [0.5, 0.6) is 0 Å². The number of aromatic carboxylic acids is 1. The predicted molar refractivity (Wildman–Crippen MR) is 109 cm³/mol. The van der Waals surface area contributed by atoms with Crippen molar-refractivity contribution in [3.05, 3.63) is 75.5 Å². The SMILES string of the molecule is Cc1cc(C(=O)O)[nH]c1C=C1C(=O)Nc2cccc(-c3ccc(Br)cc3)c21. The summed E-state index contributed by atoms with van der Waals surface area (Å²) in [5.41, 5.74) is 5.46. The number of halogens is 1. The van der Waals surface area contributed by atoms with Gasteiger partial charge in [0.05, 0.1) is 5.57 Å². The number of carboxylic acid groups (broad SMARTS) is 1. The van der Waals surface area contributed by atoms with Crippen LogP contribution in [0.2, 0.25) is 0 Å². The largest absolute Gasteiger partial charge is 0.477 e. The molecular weight excluding hydrogens is 408 g/mol. The Morgan fingerprint density at radius 3 is 2.56 bits per heavy atom. The van der Waals surface area contributed by atoms with Gasteiger partial charge in [-0.2, -0.15) is 0 Å². The summed E-state index contributed by atoms with van der Waals surface area (Å²) < 4.78 is 0.979. The van der Waals surface area contributed by atoms with E-state index in [1.807, 2.05) is 49.4 Å². The van der Waals surface area contributed by atoms with Gasteiger partial charge in [-0.25, -0.2) is 4.79 Å². The van der Waals surface area contributed by atoms with Crippen molar-refractivity contribution < 1.29 is 14.7 Å². The number of benzene rings is 2. The Bertz CT molecular complexity index is 1110. The normalized spacial score (nSPS) is 14.3. The van der Waals surface area contributed by atoms with Crippen molar-refractivity contribution >= 4 is 45.1 Å². The number of carbonyl (C=O) groups is 2. The van der Waals surface area contributed by atoms with Crippen LogP contribution in [-0.4, -0.2) is 22.0 Å². The number of H-pyrrole nitrogens is 1. The lowest BCUT2D eigenvalue weighted by Gasteiger charge is -2.09. The first-order valence-corrected chi connectivity index (χ1v) is 9.08. The lowest BCUT2D eigenvalue weighted by molar-refractivity contribution is -0.110. The molecule has 3 aromatic rings. The minimum atomic E-state index is -1.03. The second-order valence-corrected chi connectivity index (χ2v) is 7.25. The number of hydrogen-bond donors (Lipinski definition) is 3. The molecule has 0 aliphatic carbocycles. The van der Waals surface area contributed by atoms with E-state index in [9.17, 15) is 14.7 Å². The van der Waals surface area contributed by atoms with Crippen molar-refractivity contribution in [2.24, 2.45) is 0 Å². The van der Waals surface area contributed by atoms with Crippen molar-refractivity contribution in [1.29, 1.82) is 0 Å². The predicted octanol–water partition coefficient (Wildman–Crippen LogP) is 4.94. The summed E-state index contributed by atoms with van der Waals surface area (Å²) in [5, 5.41) is 12.1. The number of amides is 1. The first-order chi connectivity index (χ1) is 12.9. The van der Waals surface area contributed by atoms with Crippen LogP contribution in [0.4, 0.5) is 5.69 Å². The van der Waals surface area contributed by atoms with Gasteiger partial charge in [-0.05, 0) is 54.0 Å². The van der Waals surface area contributed by atoms with Gasteiger partial charge in [0.15, 0.2) is 0 Å². The summed E-state index contributed by atoms with van der Waals surface area (Å²) in [4.78, 5) is 26.7. The highest BCUT2D eigenvalue weighted by Crippen LogP contribution is 2.40. The standard InChI is InChI=1S/C21H15BrN2O3/c1-11-9-18(21(26)27)23-17(11)10-15-19-14(12-5-7-13(22)8-6-12)3-2-4-16(19)24-20(15)25/h2-10,23H,1H3,(H,24,25)(H,26,27). The first kappa shape index (κ1) is 17.3. The van der Waals surface area contributed by atoms with E-state index in [1.165, 1.54) is 0 Å². The van der Waals surface area contributed by atoms with Crippen LogP contribution >= 0.6 is 15.9 Å². The number of nitrogens with one attached hydrogen (secondary N) is 2. The van der Waals surface area contributed by atoms with Crippen LogP contribution < -0.4 is 5.32 Å². The smallest absolute Gasteiger partial charge is 0.352 e. The molecule has 3 N–H and O–H groups in total. The number of anilines is 1. The van der Waals surface area contributed by atoms with Gasteiger partial charge in [-0.15, -0.1) is 0 Å². The number of aryl methyl sites for hydroxylation is 1. The molecule has 1 aliphatic heterocycles. The molecule has 2 aromatic carbocycles. The molecule has 4 rings (SSSR count).